The lowest BCUT2D eigenvalue weighted by Crippen LogP contribution is -2.39. The van der Waals surface area contributed by atoms with Crippen molar-refractivity contribution in [3.63, 3.8) is 0 Å². The highest BCUT2D eigenvalue weighted by atomic mass is 35.5. The minimum atomic E-state index is -1.17. The number of fused-ring (bicyclic) bond motifs is 1. The molecule has 0 N–H and O–H groups in total. The van der Waals surface area contributed by atoms with Crippen molar-refractivity contribution >= 4 is 30.7 Å². The zero-order chi connectivity index (χ0) is 34.7. The van der Waals surface area contributed by atoms with Crippen molar-refractivity contribution in [2.24, 2.45) is 0 Å². The molecule has 5 aromatic rings. The number of halogens is 1. The van der Waals surface area contributed by atoms with E-state index in [9.17, 15) is 0 Å². The molecule has 5 heterocycles. The molecule has 0 spiro atoms. The van der Waals surface area contributed by atoms with Gasteiger partial charge in [0, 0.05) is 63.6 Å². The van der Waals surface area contributed by atoms with Crippen LogP contribution in [0.1, 0.15) is 42.3 Å². The van der Waals surface area contributed by atoms with Gasteiger partial charge in [0.25, 0.3) is 0 Å². The zero-order valence-electron chi connectivity index (χ0n) is 29.5. The summed E-state index contributed by atoms with van der Waals surface area (Å²) in [5.74, 6) is 4.07. The number of imidazole rings is 1. The number of aryl methyl sites for hydroxylation is 1. The Morgan fingerprint density at radius 3 is 2.50 bits per heavy atom. The van der Waals surface area contributed by atoms with Gasteiger partial charge in [0.15, 0.2) is 5.82 Å². The van der Waals surface area contributed by atoms with E-state index in [1.807, 2.05) is 37.3 Å². The van der Waals surface area contributed by atoms with Crippen molar-refractivity contribution in [1.29, 1.82) is 0 Å². The molecule has 11 nitrogen and oxygen atoms in total. The summed E-state index contributed by atoms with van der Waals surface area (Å²) >= 11 is 6.04. The summed E-state index contributed by atoms with van der Waals surface area (Å²) in [6.07, 6.45) is 5.65. The van der Waals surface area contributed by atoms with E-state index in [0.29, 0.717) is 19.0 Å². The van der Waals surface area contributed by atoms with E-state index in [1.54, 1.807) is 6.20 Å². The van der Waals surface area contributed by atoms with E-state index in [-0.39, 0.29) is 12.2 Å². The highest BCUT2D eigenvalue weighted by molar-refractivity contribution is 6.76. The van der Waals surface area contributed by atoms with Gasteiger partial charge >= 0.3 is 0 Å². The van der Waals surface area contributed by atoms with Crippen LogP contribution in [0.25, 0.3) is 22.4 Å². The molecule has 0 radical (unpaired) electrons. The maximum Gasteiger partial charge on any atom is 0.216 e. The van der Waals surface area contributed by atoms with Gasteiger partial charge in [-0.05, 0) is 68.1 Å². The fourth-order valence-corrected chi connectivity index (χ4v) is 7.31. The average Bonchev–Trinajstić information content (AvgIpc) is 3.61. The first-order valence-electron chi connectivity index (χ1n) is 17.7. The number of aromatic nitrogens is 7. The molecule has 2 saturated heterocycles. The first kappa shape index (κ1) is 34.8. The predicted molar refractivity (Wildman–Crippen MR) is 197 cm³/mol. The molecule has 0 saturated carbocycles. The van der Waals surface area contributed by atoms with Gasteiger partial charge in [0.2, 0.25) is 5.88 Å². The first-order chi connectivity index (χ1) is 24.2. The molecule has 2 aliphatic rings. The molecule has 2 aromatic carbocycles. The summed E-state index contributed by atoms with van der Waals surface area (Å²) in [6.45, 7) is 14.5. The Hall–Kier alpha value is -3.68. The third-order valence-electron chi connectivity index (χ3n) is 9.56. The van der Waals surface area contributed by atoms with Gasteiger partial charge in [-0.1, -0.05) is 43.4 Å². The maximum absolute atomic E-state index is 6.35. The number of hydrogen-bond acceptors (Lipinski definition) is 9. The molecule has 13 heteroatoms. The quantitative estimate of drug-likeness (QED) is 0.0909. The molecular weight excluding hydrogens is 668 g/mol. The van der Waals surface area contributed by atoms with Crippen LogP contribution in [-0.4, -0.2) is 85.8 Å². The summed E-state index contributed by atoms with van der Waals surface area (Å²) < 4.78 is 22.7. The summed E-state index contributed by atoms with van der Waals surface area (Å²) in [5.41, 5.74) is 4.18. The lowest BCUT2D eigenvalue weighted by Gasteiger charge is -2.32. The minimum absolute atomic E-state index is 0.106. The van der Waals surface area contributed by atoms with Gasteiger partial charge in [0.1, 0.15) is 30.3 Å². The van der Waals surface area contributed by atoms with Crippen molar-refractivity contribution in [3.8, 4) is 17.3 Å². The fraction of sp³-hybridized carbons (Fsp3) is 0.486. The monoisotopic (exact) mass is 714 g/mol. The van der Waals surface area contributed by atoms with Crippen molar-refractivity contribution < 1.29 is 14.2 Å². The molecule has 0 amide bonds. The zero-order valence-corrected chi connectivity index (χ0v) is 31.3. The molecule has 0 unspecified atom stereocenters. The molecule has 2 aliphatic heterocycles. The average molecular weight is 715 g/mol. The van der Waals surface area contributed by atoms with Crippen LogP contribution in [-0.2, 0) is 35.7 Å². The Morgan fingerprint density at radius 1 is 0.960 bits per heavy atom. The second kappa shape index (κ2) is 15.3. The van der Waals surface area contributed by atoms with Gasteiger partial charge in [-0.2, -0.15) is 4.98 Å². The summed E-state index contributed by atoms with van der Waals surface area (Å²) in [5, 5.41) is 9.64. The van der Waals surface area contributed by atoms with E-state index >= 15 is 0 Å². The topological polar surface area (TPSA) is 105 Å². The smallest absolute Gasteiger partial charge is 0.216 e. The van der Waals surface area contributed by atoms with Gasteiger partial charge in [-0.3, -0.25) is 9.47 Å². The number of hydrogen-bond donors (Lipinski definition) is 0. The normalized spacial score (nSPS) is 17.3. The van der Waals surface area contributed by atoms with Crippen LogP contribution in [0, 0.1) is 6.92 Å². The number of piperidine rings is 1. The Balaban J connectivity index is 1.01. The van der Waals surface area contributed by atoms with E-state index in [4.69, 9.17) is 35.8 Å². The molecule has 2 fully saturated rings. The van der Waals surface area contributed by atoms with Crippen LogP contribution in [0.2, 0.25) is 30.7 Å². The second-order valence-corrected chi connectivity index (χ2v) is 20.7. The van der Waals surface area contributed by atoms with Crippen LogP contribution >= 0.6 is 11.6 Å². The van der Waals surface area contributed by atoms with E-state index < -0.39 is 8.07 Å². The molecule has 0 bridgehead atoms. The molecule has 3 aromatic heterocycles. The Kier molecular flexibility index (Phi) is 10.6. The van der Waals surface area contributed by atoms with Gasteiger partial charge in [0.05, 0.1) is 30.2 Å². The Labute approximate surface area is 300 Å². The molecule has 1 atom stereocenters. The van der Waals surface area contributed by atoms with Crippen LogP contribution in [0.3, 0.4) is 0 Å². The fourth-order valence-electron chi connectivity index (χ4n) is 6.43. The number of nitrogens with zero attached hydrogens (tertiary/aromatic N) is 8. The van der Waals surface area contributed by atoms with Crippen LogP contribution in [0.4, 0.5) is 0 Å². The summed E-state index contributed by atoms with van der Waals surface area (Å²) in [4.78, 5) is 16.8. The SMILES string of the molecule is Cc1nnc(-c2ccc3c(c2)nc(CN2CCC(Oc4ccnc(Cc5ccc(Cl)cc5)n4)CC2)n3C[C@@H]2CCO2)n1COCC[Si](C)(C)C. The van der Waals surface area contributed by atoms with Crippen LogP contribution in [0.15, 0.2) is 54.7 Å². The third kappa shape index (κ3) is 8.60. The van der Waals surface area contributed by atoms with Crippen molar-refractivity contribution in [2.75, 3.05) is 26.3 Å². The number of benzene rings is 2. The van der Waals surface area contributed by atoms with E-state index in [0.717, 1.165) is 115 Å². The summed E-state index contributed by atoms with van der Waals surface area (Å²) in [7, 11) is -1.17. The van der Waals surface area contributed by atoms with Crippen LogP contribution < -0.4 is 4.74 Å². The van der Waals surface area contributed by atoms with Crippen LogP contribution in [0.5, 0.6) is 5.88 Å². The Morgan fingerprint density at radius 2 is 1.76 bits per heavy atom. The number of rotatable bonds is 14. The highest BCUT2D eigenvalue weighted by Crippen LogP contribution is 2.28. The van der Waals surface area contributed by atoms with E-state index in [1.165, 1.54) is 0 Å². The molecular formula is C37H47ClN8O3Si. The number of ether oxygens (including phenoxy) is 3. The largest absolute Gasteiger partial charge is 0.474 e. The Bertz CT molecular complexity index is 1900. The summed E-state index contributed by atoms with van der Waals surface area (Å²) in [6, 6.07) is 17.2. The van der Waals surface area contributed by atoms with Crippen molar-refractivity contribution in [2.45, 2.75) is 90.3 Å². The van der Waals surface area contributed by atoms with Gasteiger partial charge < -0.3 is 18.8 Å². The molecule has 50 heavy (non-hydrogen) atoms. The second-order valence-electron chi connectivity index (χ2n) is 14.7. The number of likely N-dealkylation sites (tertiary alicyclic amines) is 1. The minimum Gasteiger partial charge on any atom is -0.474 e. The molecule has 7 rings (SSSR count). The van der Waals surface area contributed by atoms with Crippen molar-refractivity contribution in [3.05, 3.63) is 82.8 Å². The molecule has 0 aliphatic carbocycles. The lowest BCUT2D eigenvalue weighted by molar-refractivity contribution is -0.0592. The van der Waals surface area contributed by atoms with Gasteiger partial charge in [-0.15, -0.1) is 10.2 Å². The maximum atomic E-state index is 6.35. The standard InChI is InChI=1S/C37H47ClN8O3Si/c1-26-42-43-37(46(26)25-47-19-20-50(2,3)4)28-7-10-33-32(22-28)40-35(45(33)23-31-14-18-48-31)24-44-16-12-30(13-17-44)49-36-11-15-39-34(41-36)21-27-5-8-29(38)9-6-27/h5-11,15,22,30-31H,12-14,16-21,23-25H2,1-4H3/t31-/m0/s1. The third-order valence-corrected chi connectivity index (χ3v) is 11.5. The predicted octanol–water partition coefficient (Wildman–Crippen LogP) is 6.78. The van der Waals surface area contributed by atoms with Crippen molar-refractivity contribution in [1.82, 2.24) is 39.2 Å². The van der Waals surface area contributed by atoms with E-state index in [2.05, 4.69) is 67.1 Å². The highest BCUT2D eigenvalue weighted by Gasteiger charge is 2.26. The lowest BCUT2D eigenvalue weighted by atomic mass is 10.1. The first-order valence-corrected chi connectivity index (χ1v) is 21.8. The molecule has 264 valence electrons. The van der Waals surface area contributed by atoms with Gasteiger partial charge in [-0.25, -0.2) is 9.97 Å².